The maximum absolute atomic E-state index is 11.2. The number of carbonyl (C=O) groups is 1. The molecule has 0 aliphatic carbocycles. The molecule has 1 atom stereocenters. The Bertz CT molecular complexity index is 506. The lowest BCUT2D eigenvalue weighted by atomic mass is 10.2. The lowest BCUT2D eigenvalue weighted by Gasteiger charge is -2.35. The number of benzene rings is 1. The van der Waals surface area contributed by atoms with Gasteiger partial charge in [-0.1, -0.05) is 42.5 Å². The average molecular weight is 299 g/mol. The van der Waals surface area contributed by atoms with Gasteiger partial charge in [0.2, 0.25) is 5.91 Å². The van der Waals surface area contributed by atoms with Gasteiger partial charge in [0.15, 0.2) is 0 Å². The summed E-state index contributed by atoms with van der Waals surface area (Å²) >= 11 is 0. The van der Waals surface area contributed by atoms with Gasteiger partial charge in [-0.15, -0.1) is 0 Å². The molecule has 2 saturated heterocycles. The summed E-state index contributed by atoms with van der Waals surface area (Å²) in [7, 11) is 0. The SMILES string of the molecule is O=C1CC[C@H](CN2CCN(C/C=C/c3ccccc3)CC2)N1. The molecule has 118 valence electrons. The van der Waals surface area contributed by atoms with Crippen molar-refractivity contribution >= 4 is 12.0 Å². The maximum atomic E-state index is 11.2. The van der Waals surface area contributed by atoms with Gasteiger partial charge in [0.1, 0.15) is 0 Å². The number of amides is 1. The summed E-state index contributed by atoms with van der Waals surface area (Å²) in [4.78, 5) is 16.2. The molecule has 2 aliphatic rings. The number of rotatable bonds is 5. The van der Waals surface area contributed by atoms with Crippen LogP contribution in [0.4, 0.5) is 0 Å². The number of piperazine rings is 1. The second-order valence-corrected chi connectivity index (χ2v) is 6.22. The molecule has 4 nitrogen and oxygen atoms in total. The first-order chi connectivity index (χ1) is 10.8. The zero-order valence-corrected chi connectivity index (χ0v) is 13.1. The fourth-order valence-corrected chi connectivity index (χ4v) is 3.18. The van der Waals surface area contributed by atoms with Gasteiger partial charge in [-0.05, 0) is 12.0 Å². The Kier molecular flexibility index (Phi) is 5.24. The summed E-state index contributed by atoms with van der Waals surface area (Å²) in [5, 5.41) is 3.06. The van der Waals surface area contributed by atoms with Crippen molar-refractivity contribution in [3.05, 3.63) is 42.0 Å². The zero-order chi connectivity index (χ0) is 15.2. The Morgan fingerprint density at radius 3 is 2.50 bits per heavy atom. The smallest absolute Gasteiger partial charge is 0.220 e. The minimum absolute atomic E-state index is 0.217. The number of hydrogen-bond donors (Lipinski definition) is 1. The molecular weight excluding hydrogens is 274 g/mol. The third-order valence-electron chi connectivity index (χ3n) is 4.50. The molecule has 22 heavy (non-hydrogen) atoms. The summed E-state index contributed by atoms with van der Waals surface area (Å²) in [6.45, 7) is 6.46. The van der Waals surface area contributed by atoms with Gasteiger partial charge < -0.3 is 5.32 Å². The molecule has 2 heterocycles. The minimum atomic E-state index is 0.217. The van der Waals surface area contributed by atoms with Crippen LogP contribution in [-0.4, -0.2) is 61.0 Å². The summed E-state index contributed by atoms with van der Waals surface area (Å²) in [6, 6.07) is 10.8. The van der Waals surface area contributed by atoms with Gasteiger partial charge >= 0.3 is 0 Å². The topological polar surface area (TPSA) is 35.6 Å². The van der Waals surface area contributed by atoms with E-state index >= 15 is 0 Å². The molecule has 1 aromatic rings. The van der Waals surface area contributed by atoms with E-state index in [1.807, 2.05) is 6.07 Å². The fraction of sp³-hybridized carbons (Fsp3) is 0.500. The largest absolute Gasteiger partial charge is 0.352 e. The molecule has 0 saturated carbocycles. The van der Waals surface area contributed by atoms with E-state index in [-0.39, 0.29) is 5.91 Å². The molecular formula is C18H25N3O. The van der Waals surface area contributed by atoms with Crippen LogP contribution >= 0.6 is 0 Å². The van der Waals surface area contributed by atoms with Crippen molar-refractivity contribution in [2.45, 2.75) is 18.9 Å². The van der Waals surface area contributed by atoms with Crippen LogP contribution < -0.4 is 5.32 Å². The van der Waals surface area contributed by atoms with Crippen LogP contribution in [0.15, 0.2) is 36.4 Å². The number of nitrogens with one attached hydrogen (secondary N) is 1. The lowest BCUT2D eigenvalue weighted by molar-refractivity contribution is -0.119. The van der Waals surface area contributed by atoms with Crippen LogP contribution in [0.2, 0.25) is 0 Å². The van der Waals surface area contributed by atoms with Crippen molar-refractivity contribution in [3.8, 4) is 0 Å². The van der Waals surface area contributed by atoms with Crippen molar-refractivity contribution in [1.82, 2.24) is 15.1 Å². The first-order valence-electron chi connectivity index (χ1n) is 8.25. The number of hydrogen-bond acceptors (Lipinski definition) is 3. The molecule has 1 amide bonds. The van der Waals surface area contributed by atoms with E-state index in [2.05, 4.69) is 51.5 Å². The van der Waals surface area contributed by atoms with Gasteiger partial charge in [-0.3, -0.25) is 14.6 Å². The van der Waals surface area contributed by atoms with Crippen molar-refractivity contribution in [2.24, 2.45) is 0 Å². The van der Waals surface area contributed by atoms with E-state index in [9.17, 15) is 4.79 Å². The summed E-state index contributed by atoms with van der Waals surface area (Å²) in [5.74, 6) is 0.217. The molecule has 0 unspecified atom stereocenters. The fourth-order valence-electron chi connectivity index (χ4n) is 3.18. The Morgan fingerprint density at radius 2 is 1.82 bits per heavy atom. The van der Waals surface area contributed by atoms with Crippen molar-refractivity contribution in [3.63, 3.8) is 0 Å². The van der Waals surface area contributed by atoms with Gasteiger partial charge in [0.25, 0.3) is 0 Å². The molecule has 1 N–H and O–H groups in total. The molecule has 2 fully saturated rings. The first kappa shape index (κ1) is 15.3. The van der Waals surface area contributed by atoms with E-state index in [0.29, 0.717) is 12.5 Å². The van der Waals surface area contributed by atoms with Crippen LogP contribution in [0, 0.1) is 0 Å². The molecule has 2 aliphatic heterocycles. The first-order valence-corrected chi connectivity index (χ1v) is 8.25. The molecule has 0 bridgehead atoms. The molecule has 0 aromatic heterocycles. The highest BCUT2D eigenvalue weighted by molar-refractivity contribution is 5.78. The predicted molar refractivity (Wildman–Crippen MR) is 89.5 cm³/mol. The normalized spacial score (nSPS) is 24.0. The van der Waals surface area contributed by atoms with E-state index in [0.717, 1.165) is 45.7 Å². The van der Waals surface area contributed by atoms with E-state index in [4.69, 9.17) is 0 Å². The Labute approximate surface area is 132 Å². The monoisotopic (exact) mass is 299 g/mol. The molecule has 3 rings (SSSR count). The second-order valence-electron chi connectivity index (χ2n) is 6.22. The van der Waals surface area contributed by atoms with Crippen molar-refractivity contribution in [2.75, 3.05) is 39.3 Å². The quantitative estimate of drug-likeness (QED) is 0.897. The molecule has 0 radical (unpaired) electrons. The number of nitrogens with zero attached hydrogens (tertiary/aromatic N) is 2. The van der Waals surface area contributed by atoms with E-state index in [1.54, 1.807) is 0 Å². The van der Waals surface area contributed by atoms with Crippen LogP contribution in [0.3, 0.4) is 0 Å². The summed E-state index contributed by atoms with van der Waals surface area (Å²) in [6.07, 6.45) is 6.15. The van der Waals surface area contributed by atoms with Crippen LogP contribution in [0.1, 0.15) is 18.4 Å². The Balaban J connectivity index is 1.37. The highest BCUT2D eigenvalue weighted by atomic mass is 16.1. The molecule has 4 heteroatoms. The minimum Gasteiger partial charge on any atom is -0.352 e. The molecule has 0 spiro atoms. The summed E-state index contributed by atoms with van der Waals surface area (Å²) in [5.41, 5.74) is 1.26. The zero-order valence-electron chi connectivity index (χ0n) is 13.1. The van der Waals surface area contributed by atoms with Gasteiger partial charge in [0, 0.05) is 51.7 Å². The second kappa shape index (κ2) is 7.56. The third kappa shape index (κ3) is 4.42. The van der Waals surface area contributed by atoms with Crippen molar-refractivity contribution in [1.29, 1.82) is 0 Å². The van der Waals surface area contributed by atoms with Crippen LogP contribution in [0.25, 0.3) is 6.08 Å². The highest BCUT2D eigenvalue weighted by Crippen LogP contribution is 2.10. The van der Waals surface area contributed by atoms with E-state index in [1.165, 1.54) is 5.56 Å². The maximum Gasteiger partial charge on any atom is 0.220 e. The lowest BCUT2D eigenvalue weighted by Crippen LogP contribution is -2.49. The molecule has 1 aromatic carbocycles. The summed E-state index contributed by atoms with van der Waals surface area (Å²) < 4.78 is 0. The van der Waals surface area contributed by atoms with Crippen molar-refractivity contribution < 1.29 is 4.79 Å². The predicted octanol–water partition coefficient (Wildman–Crippen LogP) is 1.60. The van der Waals surface area contributed by atoms with Crippen LogP contribution in [0.5, 0.6) is 0 Å². The van der Waals surface area contributed by atoms with Gasteiger partial charge in [-0.2, -0.15) is 0 Å². The Hall–Kier alpha value is -1.65. The van der Waals surface area contributed by atoms with Gasteiger partial charge in [0.05, 0.1) is 0 Å². The highest BCUT2D eigenvalue weighted by Gasteiger charge is 2.24. The van der Waals surface area contributed by atoms with Gasteiger partial charge in [-0.25, -0.2) is 0 Å². The average Bonchev–Trinajstić information content (AvgIpc) is 2.95. The Morgan fingerprint density at radius 1 is 1.09 bits per heavy atom. The number of carbonyl (C=O) groups excluding carboxylic acids is 1. The van der Waals surface area contributed by atoms with E-state index < -0.39 is 0 Å². The van der Waals surface area contributed by atoms with Crippen LogP contribution in [-0.2, 0) is 4.79 Å². The standard InChI is InChI=1S/C18H25N3O/c22-18-9-8-17(19-18)15-21-13-11-20(12-14-21)10-4-7-16-5-2-1-3-6-16/h1-7,17H,8-15H2,(H,19,22)/b7-4+/t17-/m1/s1. The third-order valence-corrected chi connectivity index (χ3v) is 4.50.